The normalized spacial score (nSPS) is 19.7. The van der Waals surface area contributed by atoms with Gasteiger partial charge in [-0.1, -0.05) is 18.6 Å². The van der Waals surface area contributed by atoms with Gasteiger partial charge >= 0.3 is 12.1 Å². The summed E-state index contributed by atoms with van der Waals surface area (Å²) in [6.45, 7) is -0.709. The quantitative estimate of drug-likeness (QED) is 0.818. The first-order valence-electron chi connectivity index (χ1n) is 7.61. The number of carbonyl (C=O) groups is 1. The lowest BCUT2D eigenvalue weighted by Crippen LogP contribution is -2.46. The lowest BCUT2D eigenvalue weighted by molar-refractivity contribution is -0.143. The number of hydrogen-bond acceptors (Lipinski definition) is 4. The highest BCUT2D eigenvalue weighted by Gasteiger charge is 2.41. The van der Waals surface area contributed by atoms with E-state index in [1.807, 2.05) is 0 Å². The summed E-state index contributed by atoms with van der Waals surface area (Å²) >= 11 is 0. The first-order chi connectivity index (χ1) is 11.6. The number of rotatable bonds is 6. The molecule has 1 aromatic carbocycles. The zero-order valence-electron chi connectivity index (χ0n) is 13.2. The standard InChI is InChI=1S/C15H18F3NO5S/c16-15(17,18)12-6-1-2-7-13(12)25(22,23)19-8-4-3-5-11(19)9-24-10-14(20)21/h1-2,6-7,11H,3-5,8-10H2,(H,20,21)/t11-/m0/s1. The molecule has 1 N–H and O–H groups in total. The minimum atomic E-state index is -4.80. The number of benzene rings is 1. The average Bonchev–Trinajstić information content (AvgIpc) is 2.54. The molecule has 140 valence electrons. The number of sulfonamides is 1. The van der Waals surface area contributed by atoms with Crippen LogP contribution in [0.1, 0.15) is 24.8 Å². The highest BCUT2D eigenvalue weighted by atomic mass is 32.2. The monoisotopic (exact) mass is 381 g/mol. The Balaban J connectivity index is 2.32. The van der Waals surface area contributed by atoms with Crippen LogP contribution in [-0.4, -0.2) is 49.6 Å². The summed E-state index contributed by atoms with van der Waals surface area (Å²) in [6, 6.07) is 3.33. The third-order valence-corrected chi connectivity index (χ3v) is 5.90. The molecule has 1 atom stereocenters. The smallest absolute Gasteiger partial charge is 0.417 e. The highest BCUT2D eigenvalue weighted by molar-refractivity contribution is 7.89. The molecule has 0 aromatic heterocycles. The van der Waals surface area contributed by atoms with Crippen molar-refractivity contribution < 1.29 is 36.2 Å². The molecule has 25 heavy (non-hydrogen) atoms. The van der Waals surface area contributed by atoms with Crippen LogP contribution in [0.15, 0.2) is 29.2 Å². The minimum Gasteiger partial charge on any atom is -0.480 e. The van der Waals surface area contributed by atoms with Crippen LogP contribution in [0, 0.1) is 0 Å². The van der Waals surface area contributed by atoms with Crippen LogP contribution >= 0.6 is 0 Å². The van der Waals surface area contributed by atoms with Crippen LogP contribution in [0.2, 0.25) is 0 Å². The van der Waals surface area contributed by atoms with Gasteiger partial charge in [0.1, 0.15) is 6.61 Å². The Bertz CT molecular complexity index is 720. The molecule has 10 heteroatoms. The molecule has 2 rings (SSSR count). The van der Waals surface area contributed by atoms with E-state index in [1.54, 1.807) is 0 Å². The van der Waals surface area contributed by atoms with Gasteiger partial charge in [0.15, 0.2) is 0 Å². The molecule has 0 amide bonds. The van der Waals surface area contributed by atoms with Gasteiger partial charge in [-0.2, -0.15) is 17.5 Å². The van der Waals surface area contributed by atoms with Crippen LogP contribution in [0.5, 0.6) is 0 Å². The lowest BCUT2D eigenvalue weighted by atomic mass is 10.1. The van der Waals surface area contributed by atoms with E-state index in [1.165, 1.54) is 6.07 Å². The van der Waals surface area contributed by atoms with Crippen LogP contribution in [0.4, 0.5) is 13.2 Å². The largest absolute Gasteiger partial charge is 0.480 e. The number of carboxylic acids is 1. The van der Waals surface area contributed by atoms with Crippen molar-refractivity contribution in [3.8, 4) is 0 Å². The zero-order valence-corrected chi connectivity index (χ0v) is 14.0. The number of aliphatic carboxylic acids is 1. The van der Waals surface area contributed by atoms with Crippen molar-refractivity contribution in [1.29, 1.82) is 0 Å². The fourth-order valence-corrected chi connectivity index (χ4v) is 4.68. The molecule has 0 radical (unpaired) electrons. The molecule has 1 aromatic rings. The summed E-state index contributed by atoms with van der Waals surface area (Å²) in [6.07, 6.45) is -3.20. The number of ether oxygens (including phenoxy) is 1. The molecule has 6 nitrogen and oxygen atoms in total. The third-order valence-electron chi connectivity index (χ3n) is 3.89. The van der Waals surface area contributed by atoms with Gasteiger partial charge in [0.05, 0.1) is 17.1 Å². The van der Waals surface area contributed by atoms with Crippen LogP contribution in [0.3, 0.4) is 0 Å². The van der Waals surface area contributed by atoms with E-state index in [0.29, 0.717) is 19.3 Å². The van der Waals surface area contributed by atoms with Gasteiger partial charge in [-0.15, -0.1) is 0 Å². The summed E-state index contributed by atoms with van der Waals surface area (Å²) < 4.78 is 71.1. The molecule has 1 heterocycles. The molecule has 1 fully saturated rings. The van der Waals surface area contributed by atoms with Crippen LogP contribution < -0.4 is 0 Å². The second-order valence-electron chi connectivity index (χ2n) is 5.67. The van der Waals surface area contributed by atoms with E-state index in [4.69, 9.17) is 9.84 Å². The molecule has 1 aliphatic heterocycles. The summed E-state index contributed by atoms with van der Waals surface area (Å²) in [4.78, 5) is 9.72. The molecular weight excluding hydrogens is 363 g/mol. The van der Waals surface area contributed by atoms with E-state index >= 15 is 0 Å². The van der Waals surface area contributed by atoms with Crippen molar-refractivity contribution in [2.75, 3.05) is 19.8 Å². The molecular formula is C15H18F3NO5S. The first kappa shape index (κ1) is 19.7. The SMILES string of the molecule is O=C(O)COC[C@@H]1CCCCN1S(=O)(=O)c1ccccc1C(F)(F)F. The van der Waals surface area contributed by atoms with Crippen molar-refractivity contribution in [2.45, 2.75) is 36.4 Å². The van der Waals surface area contributed by atoms with Crippen molar-refractivity contribution in [1.82, 2.24) is 4.31 Å². The van der Waals surface area contributed by atoms with Crippen molar-refractivity contribution in [3.63, 3.8) is 0 Å². The summed E-state index contributed by atoms with van der Waals surface area (Å²) in [7, 11) is -4.39. The predicted molar refractivity (Wildman–Crippen MR) is 81.4 cm³/mol. The Hall–Kier alpha value is -1.65. The average molecular weight is 381 g/mol. The fraction of sp³-hybridized carbons (Fsp3) is 0.533. The van der Waals surface area contributed by atoms with E-state index in [0.717, 1.165) is 22.5 Å². The zero-order chi connectivity index (χ0) is 18.7. The second-order valence-corrected chi connectivity index (χ2v) is 7.53. The molecule has 0 spiro atoms. The van der Waals surface area contributed by atoms with Crippen molar-refractivity contribution in [3.05, 3.63) is 29.8 Å². The van der Waals surface area contributed by atoms with Gasteiger partial charge < -0.3 is 9.84 Å². The maximum atomic E-state index is 13.2. The van der Waals surface area contributed by atoms with E-state index in [2.05, 4.69) is 0 Å². The Morgan fingerprint density at radius 1 is 1.28 bits per heavy atom. The fourth-order valence-electron chi connectivity index (χ4n) is 2.79. The van der Waals surface area contributed by atoms with Crippen LogP contribution in [-0.2, 0) is 25.7 Å². The Labute approximate surface area is 143 Å². The molecule has 0 saturated carbocycles. The van der Waals surface area contributed by atoms with Gasteiger partial charge in [-0.05, 0) is 25.0 Å². The van der Waals surface area contributed by atoms with Crippen molar-refractivity contribution >= 4 is 16.0 Å². The maximum absolute atomic E-state index is 13.2. The van der Waals surface area contributed by atoms with E-state index in [-0.39, 0.29) is 13.2 Å². The van der Waals surface area contributed by atoms with Crippen LogP contribution in [0.25, 0.3) is 0 Å². The maximum Gasteiger partial charge on any atom is 0.417 e. The molecule has 0 unspecified atom stereocenters. The summed E-state index contributed by atoms with van der Waals surface area (Å²) in [5.74, 6) is -1.20. The third kappa shape index (κ3) is 4.71. The Kier molecular flexibility index (Phi) is 6.07. The highest BCUT2D eigenvalue weighted by Crippen LogP contribution is 2.36. The molecule has 1 aliphatic rings. The summed E-state index contributed by atoms with van der Waals surface area (Å²) in [5, 5.41) is 8.59. The Morgan fingerprint density at radius 3 is 2.60 bits per heavy atom. The number of piperidine rings is 1. The predicted octanol–water partition coefficient (Wildman–Crippen LogP) is 2.35. The number of hydrogen-bond donors (Lipinski definition) is 1. The lowest BCUT2D eigenvalue weighted by Gasteiger charge is -2.34. The van der Waals surface area contributed by atoms with Gasteiger partial charge in [0.25, 0.3) is 0 Å². The first-order valence-corrected chi connectivity index (χ1v) is 9.05. The van der Waals surface area contributed by atoms with E-state index < -0.39 is 45.3 Å². The van der Waals surface area contributed by atoms with Gasteiger partial charge in [-0.3, -0.25) is 0 Å². The number of halogens is 3. The van der Waals surface area contributed by atoms with Crippen molar-refractivity contribution in [2.24, 2.45) is 0 Å². The number of nitrogens with zero attached hydrogens (tertiary/aromatic N) is 1. The summed E-state index contributed by atoms with van der Waals surface area (Å²) in [5.41, 5.74) is -1.22. The topological polar surface area (TPSA) is 83.9 Å². The van der Waals surface area contributed by atoms with E-state index in [9.17, 15) is 26.4 Å². The number of carboxylic acid groups (broad SMARTS) is 1. The van der Waals surface area contributed by atoms with Gasteiger partial charge in [-0.25, -0.2) is 13.2 Å². The second kappa shape index (κ2) is 7.71. The molecule has 0 aliphatic carbocycles. The number of alkyl halides is 3. The molecule has 0 bridgehead atoms. The van der Waals surface area contributed by atoms with Gasteiger partial charge in [0, 0.05) is 12.6 Å². The minimum absolute atomic E-state index is 0.0651. The Morgan fingerprint density at radius 2 is 1.96 bits per heavy atom. The van der Waals surface area contributed by atoms with Gasteiger partial charge in [0.2, 0.25) is 10.0 Å². The molecule has 1 saturated heterocycles.